The molecule has 0 bridgehead atoms. The molecule has 0 amide bonds. The van der Waals surface area contributed by atoms with E-state index in [4.69, 9.17) is 19.4 Å². The molecule has 4 nitrogen and oxygen atoms in total. The quantitative estimate of drug-likeness (QED) is 0.185. The van der Waals surface area contributed by atoms with Gasteiger partial charge in [-0.15, -0.1) is 22.7 Å². The summed E-state index contributed by atoms with van der Waals surface area (Å²) in [6, 6.07) is 53.3. The van der Waals surface area contributed by atoms with Crippen molar-refractivity contribution < 1.29 is 4.42 Å². The minimum absolute atomic E-state index is 0.607. The summed E-state index contributed by atoms with van der Waals surface area (Å²) in [5.41, 5.74) is 6.93. The van der Waals surface area contributed by atoms with Gasteiger partial charge in [0.15, 0.2) is 17.5 Å². The maximum Gasteiger partial charge on any atom is 0.164 e. The predicted octanol–water partition coefficient (Wildman–Crippen LogP) is 13.2. The Morgan fingerprint density at radius 1 is 0.353 bits per heavy atom. The highest BCUT2D eigenvalue weighted by Gasteiger charge is 2.17. The summed E-state index contributed by atoms with van der Waals surface area (Å²) in [5, 5.41) is 7.23. The number of nitrogens with zero attached hydrogens (tertiary/aromatic N) is 3. The van der Waals surface area contributed by atoms with Crippen molar-refractivity contribution in [3.63, 3.8) is 0 Å². The minimum atomic E-state index is 0.607. The zero-order valence-corrected chi connectivity index (χ0v) is 28.6. The van der Waals surface area contributed by atoms with Crippen LogP contribution >= 0.6 is 22.7 Å². The van der Waals surface area contributed by atoms with E-state index in [1.807, 2.05) is 77.3 Å². The van der Waals surface area contributed by atoms with Gasteiger partial charge in [0.05, 0.1) is 0 Å². The second-order valence-electron chi connectivity index (χ2n) is 12.8. The van der Waals surface area contributed by atoms with Crippen LogP contribution in [0.15, 0.2) is 156 Å². The second-order valence-corrected chi connectivity index (χ2v) is 14.9. The van der Waals surface area contributed by atoms with Gasteiger partial charge in [-0.05, 0) is 65.7 Å². The van der Waals surface area contributed by atoms with Gasteiger partial charge in [-0.1, -0.05) is 97.1 Å². The molecule has 0 saturated carbocycles. The summed E-state index contributed by atoms with van der Waals surface area (Å²) in [6.07, 6.45) is 0. The first kappa shape index (κ1) is 28.6. The molecule has 0 radical (unpaired) electrons. The molecule has 4 heterocycles. The Balaban J connectivity index is 1.07. The van der Waals surface area contributed by atoms with Crippen molar-refractivity contribution in [2.45, 2.75) is 0 Å². The zero-order valence-electron chi connectivity index (χ0n) is 27.0. The van der Waals surface area contributed by atoms with Crippen molar-refractivity contribution in [2.75, 3.05) is 0 Å². The van der Waals surface area contributed by atoms with E-state index in [1.54, 1.807) is 0 Å². The molecule has 51 heavy (non-hydrogen) atoms. The van der Waals surface area contributed by atoms with Gasteiger partial charge in [-0.25, -0.2) is 15.0 Å². The lowest BCUT2D eigenvalue weighted by molar-refractivity contribution is 0.669. The normalized spacial score (nSPS) is 11.9. The van der Waals surface area contributed by atoms with Gasteiger partial charge in [-0.3, -0.25) is 0 Å². The molecule has 0 atom stereocenters. The van der Waals surface area contributed by atoms with Gasteiger partial charge in [0.2, 0.25) is 0 Å². The van der Waals surface area contributed by atoms with E-state index in [9.17, 15) is 0 Å². The van der Waals surface area contributed by atoms with E-state index < -0.39 is 0 Å². The molecule has 238 valence electrons. The van der Waals surface area contributed by atoms with E-state index in [1.165, 1.54) is 51.5 Å². The Hall–Kier alpha value is -6.21. The molecular weight excluding hydrogens is 663 g/mol. The minimum Gasteiger partial charge on any atom is -0.456 e. The Bertz CT molecular complexity index is 3160. The van der Waals surface area contributed by atoms with Crippen LogP contribution in [-0.2, 0) is 0 Å². The van der Waals surface area contributed by atoms with Gasteiger partial charge in [0.1, 0.15) is 11.2 Å². The van der Waals surface area contributed by atoms with Gasteiger partial charge < -0.3 is 4.42 Å². The van der Waals surface area contributed by atoms with Crippen LogP contribution in [-0.4, -0.2) is 15.0 Å². The highest BCUT2D eigenvalue weighted by atomic mass is 32.1. The largest absolute Gasteiger partial charge is 0.456 e. The number of fused-ring (bicyclic) bond motifs is 9. The second kappa shape index (κ2) is 11.2. The summed E-state index contributed by atoms with van der Waals surface area (Å²) in [4.78, 5) is 15.1. The molecule has 0 saturated heterocycles. The number of hydrogen-bond acceptors (Lipinski definition) is 6. The molecular formula is C45H25N3OS2. The fourth-order valence-electron chi connectivity index (χ4n) is 7.27. The Kier molecular flexibility index (Phi) is 6.26. The first-order valence-electron chi connectivity index (χ1n) is 16.8. The SMILES string of the molecule is c1ccc(-c2nc(-c3ccc4c(c3)oc3ccccc34)nc(-c3ccc4sc5ccc(-c6cccc7c6sc6ccccc67)cc5c4c3)n2)cc1. The Labute approximate surface area is 299 Å². The van der Waals surface area contributed by atoms with Crippen molar-refractivity contribution >= 4 is 85.0 Å². The maximum atomic E-state index is 6.24. The smallest absolute Gasteiger partial charge is 0.164 e. The van der Waals surface area contributed by atoms with Crippen LogP contribution < -0.4 is 0 Å². The van der Waals surface area contributed by atoms with Crippen LogP contribution in [0.2, 0.25) is 0 Å². The van der Waals surface area contributed by atoms with Crippen LogP contribution in [0, 0.1) is 0 Å². The van der Waals surface area contributed by atoms with E-state index in [0.29, 0.717) is 17.5 Å². The van der Waals surface area contributed by atoms with Gasteiger partial charge in [0, 0.05) is 67.8 Å². The first-order chi connectivity index (χ1) is 25.2. The molecule has 0 N–H and O–H groups in total. The highest BCUT2D eigenvalue weighted by molar-refractivity contribution is 7.26. The number of furan rings is 1. The number of aromatic nitrogens is 3. The predicted molar refractivity (Wildman–Crippen MR) is 215 cm³/mol. The standard InChI is InChI=1S/C45H25N3OS2/c1-2-9-26(10-3-1)43-46-44(48-45(47-43)29-17-20-32-31-11-4-6-15-37(31)49-38(32)25-29)28-19-22-41-36(24-28)35-23-27(18-21-40(35)50-41)30-13-8-14-34-33-12-5-7-16-39(33)51-42(30)34/h1-25H. The number of benzene rings is 7. The fraction of sp³-hybridized carbons (Fsp3) is 0. The molecule has 0 fully saturated rings. The van der Waals surface area contributed by atoms with Crippen LogP contribution in [0.5, 0.6) is 0 Å². The van der Waals surface area contributed by atoms with Crippen molar-refractivity contribution in [2.24, 2.45) is 0 Å². The van der Waals surface area contributed by atoms with Crippen LogP contribution in [0.25, 0.3) is 108 Å². The topological polar surface area (TPSA) is 51.8 Å². The van der Waals surface area contributed by atoms with Crippen LogP contribution in [0.1, 0.15) is 0 Å². The molecule has 0 aliphatic rings. The first-order valence-corrected chi connectivity index (χ1v) is 18.5. The van der Waals surface area contributed by atoms with E-state index in [-0.39, 0.29) is 0 Å². The summed E-state index contributed by atoms with van der Waals surface area (Å²) < 4.78 is 11.4. The van der Waals surface area contributed by atoms with Gasteiger partial charge in [0.25, 0.3) is 0 Å². The summed E-state index contributed by atoms with van der Waals surface area (Å²) >= 11 is 3.69. The van der Waals surface area contributed by atoms with Crippen molar-refractivity contribution in [3.05, 3.63) is 152 Å². The van der Waals surface area contributed by atoms with Crippen molar-refractivity contribution in [3.8, 4) is 45.3 Å². The molecule has 0 unspecified atom stereocenters. The van der Waals surface area contributed by atoms with E-state index in [0.717, 1.165) is 38.6 Å². The molecule has 11 rings (SSSR count). The molecule has 7 aromatic carbocycles. The number of hydrogen-bond donors (Lipinski definition) is 0. The molecule has 4 aromatic heterocycles. The summed E-state index contributed by atoms with van der Waals surface area (Å²) in [5.74, 6) is 1.88. The third kappa shape index (κ3) is 4.61. The van der Waals surface area contributed by atoms with Crippen LogP contribution in [0.3, 0.4) is 0 Å². The third-order valence-electron chi connectivity index (χ3n) is 9.75. The van der Waals surface area contributed by atoms with Crippen molar-refractivity contribution in [1.82, 2.24) is 15.0 Å². The monoisotopic (exact) mass is 687 g/mol. The number of thiophene rings is 2. The lowest BCUT2D eigenvalue weighted by Crippen LogP contribution is -2.00. The maximum absolute atomic E-state index is 6.24. The Morgan fingerprint density at radius 2 is 0.941 bits per heavy atom. The lowest BCUT2D eigenvalue weighted by Gasteiger charge is -2.09. The fourth-order valence-corrected chi connectivity index (χ4v) is 9.58. The van der Waals surface area contributed by atoms with Gasteiger partial charge >= 0.3 is 0 Å². The lowest BCUT2D eigenvalue weighted by atomic mass is 10.00. The number of para-hydroxylation sites is 1. The average Bonchev–Trinajstić information content (AvgIpc) is 3.88. The van der Waals surface area contributed by atoms with E-state index in [2.05, 4.69) is 97.1 Å². The van der Waals surface area contributed by atoms with E-state index >= 15 is 0 Å². The highest BCUT2D eigenvalue weighted by Crippen LogP contribution is 2.43. The summed E-state index contributed by atoms with van der Waals surface area (Å²) in [6.45, 7) is 0. The van der Waals surface area contributed by atoms with Gasteiger partial charge in [-0.2, -0.15) is 0 Å². The Morgan fingerprint density at radius 3 is 1.76 bits per heavy atom. The molecule has 0 aliphatic carbocycles. The zero-order chi connectivity index (χ0) is 33.5. The average molecular weight is 688 g/mol. The summed E-state index contributed by atoms with van der Waals surface area (Å²) in [7, 11) is 0. The molecule has 11 aromatic rings. The molecule has 0 aliphatic heterocycles. The molecule has 0 spiro atoms. The third-order valence-corrected chi connectivity index (χ3v) is 12.1. The number of rotatable bonds is 4. The molecule has 6 heteroatoms. The van der Waals surface area contributed by atoms with Crippen molar-refractivity contribution in [1.29, 1.82) is 0 Å². The van der Waals surface area contributed by atoms with Crippen LogP contribution in [0.4, 0.5) is 0 Å².